The molecule has 0 spiro atoms. The van der Waals surface area contributed by atoms with Crippen molar-refractivity contribution in [3.05, 3.63) is 34.9 Å². The number of hydrogen-bond donors (Lipinski definition) is 0. The van der Waals surface area contributed by atoms with Crippen LogP contribution in [0.4, 0.5) is 0 Å². The molecule has 1 aliphatic rings. The largest absolute Gasteiger partial charge is 0.379 e. The first-order valence-corrected chi connectivity index (χ1v) is 5.27. The molecule has 0 atom stereocenters. The van der Waals surface area contributed by atoms with E-state index in [0.29, 0.717) is 0 Å². The molecule has 1 aromatic rings. The maximum absolute atomic E-state index is 5.82. The van der Waals surface area contributed by atoms with Gasteiger partial charge in [-0.05, 0) is 17.7 Å². The molecule has 0 radical (unpaired) electrons. The molecule has 1 saturated heterocycles. The molecule has 0 aliphatic carbocycles. The monoisotopic (exact) mass is 211 g/mol. The number of rotatable bonds is 2. The Balaban J connectivity index is 1.92. The highest BCUT2D eigenvalue weighted by Crippen LogP contribution is 2.12. The highest BCUT2D eigenvalue weighted by Gasteiger charge is 2.09. The van der Waals surface area contributed by atoms with E-state index in [9.17, 15) is 0 Å². The summed E-state index contributed by atoms with van der Waals surface area (Å²) in [7, 11) is 0. The zero-order valence-corrected chi connectivity index (χ0v) is 8.83. The van der Waals surface area contributed by atoms with Gasteiger partial charge < -0.3 is 4.74 Å². The number of halogens is 1. The van der Waals surface area contributed by atoms with Gasteiger partial charge in [-0.15, -0.1) is 0 Å². The van der Waals surface area contributed by atoms with Gasteiger partial charge >= 0.3 is 0 Å². The molecule has 0 unspecified atom stereocenters. The van der Waals surface area contributed by atoms with Crippen molar-refractivity contribution in [2.75, 3.05) is 26.3 Å². The van der Waals surface area contributed by atoms with E-state index in [0.717, 1.165) is 37.9 Å². The molecule has 0 bridgehead atoms. The van der Waals surface area contributed by atoms with Crippen molar-refractivity contribution >= 4 is 11.6 Å². The predicted molar refractivity (Wildman–Crippen MR) is 57.5 cm³/mol. The summed E-state index contributed by atoms with van der Waals surface area (Å²) in [6.45, 7) is 4.77. The number of hydrogen-bond acceptors (Lipinski definition) is 2. The fourth-order valence-electron chi connectivity index (χ4n) is 1.61. The van der Waals surface area contributed by atoms with Crippen LogP contribution in [0.1, 0.15) is 5.56 Å². The van der Waals surface area contributed by atoms with E-state index in [1.54, 1.807) is 0 Å². The van der Waals surface area contributed by atoms with Crippen molar-refractivity contribution in [2.24, 2.45) is 0 Å². The highest BCUT2D eigenvalue weighted by atomic mass is 35.5. The lowest BCUT2D eigenvalue weighted by molar-refractivity contribution is 0.0342. The van der Waals surface area contributed by atoms with Crippen molar-refractivity contribution in [3.8, 4) is 0 Å². The van der Waals surface area contributed by atoms with E-state index in [2.05, 4.69) is 17.0 Å². The Labute approximate surface area is 89.4 Å². The SMILES string of the molecule is Clc1ccc(CN2CCOCC2)cc1. The van der Waals surface area contributed by atoms with E-state index < -0.39 is 0 Å². The van der Waals surface area contributed by atoms with Crippen LogP contribution < -0.4 is 0 Å². The quantitative estimate of drug-likeness (QED) is 0.744. The molecule has 1 aromatic carbocycles. The fraction of sp³-hybridized carbons (Fsp3) is 0.455. The third-order valence-corrected chi connectivity index (χ3v) is 2.68. The molecule has 1 fully saturated rings. The lowest BCUT2D eigenvalue weighted by Gasteiger charge is -2.26. The second-order valence-electron chi connectivity index (χ2n) is 3.51. The fourth-order valence-corrected chi connectivity index (χ4v) is 1.73. The maximum Gasteiger partial charge on any atom is 0.0594 e. The van der Waals surface area contributed by atoms with Gasteiger partial charge in [-0.1, -0.05) is 23.7 Å². The lowest BCUT2D eigenvalue weighted by atomic mass is 10.2. The van der Waals surface area contributed by atoms with Crippen LogP contribution in [0, 0.1) is 0 Å². The summed E-state index contributed by atoms with van der Waals surface area (Å²) in [6, 6.07) is 8.05. The predicted octanol–water partition coefficient (Wildman–Crippen LogP) is 2.17. The normalized spacial score (nSPS) is 18.4. The molecule has 14 heavy (non-hydrogen) atoms. The summed E-state index contributed by atoms with van der Waals surface area (Å²) in [5.74, 6) is 0. The molecule has 1 aliphatic heterocycles. The molecule has 2 nitrogen and oxygen atoms in total. The van der Waals surface area contributed by atoms with E-state index >= 15 is 0 Å². The van der Waals surface area contributed by atoms with Gasteiger partial charge in [0.1, 0.15) is 0 Å². The van der Waals surface area contributed by atoms with Gasteiger partial charge in [-0.25, -0.2) is 0 Å². The molecule has 76 valence electrons. The minimum atomic E-state index is 0.802. The van der Waals surface area contributed by atoms with Gasteiger partial charge in [-0.3, -0.25) is 4.90 Å². The average molecular weight is 212 g/mol. The maximum atomic E-state index is 5.82. The summed E-state index contributed by atoms with van der Waals surface area (Å²) >= 11 is 5.82. The van der Waals surface area contributed by atoms with Gasteiger partial charge in [0, 0.05) is 24.7 Å². The first-order valence-electron chi connectivity index (χ1n) is 4.89. The van der Waals surface area contributed by atoms with Crippen LogP contribution in [0.15, 0.2) is 24.3 Å². The molecular weight excluding hydrogens is 198 g/mol. The standard InChI is InChI=1S/C11H14ClNO/c12-11-3-1-10(2-4-11)9-13-5-7-14-8-6-13/h1-4H,5-9H2. The van der Waals surface area contributed by atoms with Crippen molar-refractivity contribution in [1.29, 1.82) is 0 Å². The molecule has 3 heteroatoms. The Morgan fingerprint density at radius 1 is 1.14 bits per heavy atom. The van der Waals surface area contributed by atoms with Crippen LogP contribution in [0.5, 0.6) is 0 Å². The van der Waals surface area contributed by atoms with Crippen molar-refractivity contribution in [1.82, 2.24) is 4.90 Å². The Hall–Kier alpha value is -0.570. The molecule has 1 heterocycles. The molecule has 0 amide bonds. The van der Waals surface area contributed by atoms with Crippen molar-refractivity contribution in [3.63, 3.8) is 0 Å². The summed E-state index contributed by atoms with van der Waals surface area (Å²) in [4.78, 5) is 2.40. The summed E-state index contributed by atoms with van der Waals surface area (Å²) < 4.78 is 5.29. The Morgan fingerprint density at radius 3 is 2.43 bits per heavy atom. The number of nitrogens with zero attached hydrogens (tertiary/aromatic N) is 1. The summed E-state index contributed by atoms with van der Waals surface area (Å²) in [6.07, 6.45) is 0. The van der Waals surface area contributed by atoms with E-state index in [-0.39, 0.29) is 0 Å². The number of morpholine rings is 1. The molecule has 0 aromatic heterocycles. The first kappa shape index (κ1) is 9.97. The van der Waals surface area contributed by atoms with Crippen LogP contribution >= 0.6 is 11.6 Å². The Morgan fingerprint density at radius 2 is 1.79 bits per heavy atom. The summed E-state index contributed by atoms with van der Waals surface area (Å²) in [5.41, 5.74) is 1.32. The number of benzene rings is 1. The highest BCUT2D eigenvalue weighted by molar-refractivity contribution is 6.30. The van der Waals surface area contributed by atoms with E-state index in [4.69, 9.17) is 16.3 Å². The van der Waals surface area contributed by atoms with Gasteiger partial charge in [0.25, 0.3) is 0 Å². The summed E-state index contributed by atoms with van der Waals surface area (Å²) in [5, 5.41) is 0.802. The van der Waals surface area contributed by atoms with Crippen LogP contribution in [0.25, 0.3) is 0 Å². The topological polar surface area (TPSA) is 12.5 Å². The second kappa shape index (κ2) is 4.78. The molecular formula is C11H14ClNO. The average Bonchev–Trinajstić information content (AvgIpc) is 2.23. The zero-order valence-electron chi connectivity index (χ0n) is 8.08. The molecule has 0 N–H and O–H groups in total. The van der Waals surface area contributed by atoms with Gasteiger partial charge in [-0.2, -0.15) is 0 Å². The Bertz CT molecular complexity index is 280. The minimum absolute atomic E-state index is 0.802. The number of ether oxygens (including phenoxy) is 1. The van der Waals surface area contributed by atoms with Crippen LogP contribution in [0.2, 0.25) is 5.02 Å². The van der Waals surface area contributed by atoms with Crippen LogP contribution in [-0.4, -0.2) is 31.2 Å². The van der Waals surface area contributed by atoms with Gasteiger partial charge in [0.05, 0.1) is 13.2 Å². The van der Waals surface area contributed by atoms with Crippen LogP contribution in [-0.2, 0) is 11.3 Å². The minimum Gasteiger partial charge on any atom is -0.379 e. The first-order chi connectivity index (χ1) is 6.84. The van der Waals surface area contributed by atoms with Crippen molar-refractivity contribution in [2.45, 2.75) is 6.54 Å². The second-order valence-corrected chi connectivity index (χ2v) is 3.95. The Kier molecular flexibility index (Phi) is 3.40. The third-order valence-electron chi connectivity index (χ3n) is 2.42. The van der Waals surface area contributed by atoms with E-state index in [1.165, 1.54) is 5.56 Å². The lowest BCUT2D eigenvalue weighted by Crippen LogP contribution is -2.35. The smallest absolute Gasteiger partial charge is 0.0594 e. The van der Waals surface area contributed by atoms with Gasteiger partial charge in [0.2, 0.25) is 0 Å². The zero-order chi connectivity index (χ0) is 9.80. The molecule has 0 saturated carbocycles. The third kappa shape index (κ3) is 2.71. The van der Waals surface area contributed by atoms with E-state index in [1.807, 2.05) is 12.1 Å². The van der Waals surface area contributed by atoms with Crippen molar-refractivity contribution < 1.29 is 4.74 Å². The van der Waals surface area contributed by atoms with Crippen LogP contribution in [0.3, 0.4) is 0 Å². The molecule has 2 rings (SSSR count). The van der Waals surface area contributed by atoms with Gasteiger partial charge in [0.15, 0.2) is 0 Å².